The van der Waals surface area contributed by atoms with Crippen molar-refractivity contribution in [2.45, 2.75) is 51.6 Å². The molecule has 1 aliphatic heterocycles. The van der Waals surface area contributed by atoms with Crippen molar-refractivity contribution in [2.24, 2.45) is 0 Å². The molecule has 2 fully saturated rings. The Bertz CT molecular complexity index is 1030. The first-order chi connectivity index (χ1) is 14.9. The van der Waals surface area contributed by atoms with Crippen LogP contribution in [0.15, 0.2) is 48.0 Å². The van der Waals surface area contributed by atoms with E-state index >= 15 is 0 Å². The molecule has 162 valence electrons. The van der Waals surface area contributed by atoms with Crippen molar-refractivity contribution in [1.29, 1.82) is 0 Å². The first kappa shape index (κ1) is 21.0. The summed E-state index contributed by atoms with van der Waals surface area (Å²) in [5.41, 5.74) is 2.07. The van der Waals surface area contributed by atoms with Crippen LogP contribution in [0.2, 0.25) is 0 Å². The summed E-state index contributed by atoms with van der Waals surface area (Å²) in [5.74, 6) is -0.629. The minimum Gasteiger partial charge on any atom is -0.508 e. The van der Waals surface area contributed by atoms with Crippen molar-refractivity contribution in [3.05, 3.63) is 64.7 Å². The summed E-state index contributed by atoms with van der Waals surface area (Å²) < 4.78 is 5.57. The van der Waals surface area contributed by atoms with E-state index in [2.05, 4.69) is 0 Å². The number of aliphatic hydroxyl groups is 1. The summed E-state index contributed by atoms with van der Waals surface area (Å²) in [4.78, 5) is 27.8. The van der Waals surface area contributed by atoms with Crippen molar-refractivity contribution in [3.63, 3.8) is 0 Å². The van der Waals surface area contributed by atoms with Crippen LogP contribution in [0.1, 0.15) is 55.3 Å². The number of aromatic hydroxyl groups is 1. The summed E-state index contributed by atoms with van der Waals surface area (Å²) in [6, 6.07) is 11.0. The molecule has 2 aromatic carbocycles. The highest BCUT2D eigenvalue weighted by Gasteiger charge is 2.49. The van der Waals surface area contributed by atoms with E-state index in [9.17, 15) is 19.8 Å². The number of likely N-dealkylation sites (tertiary alicyclic amines) is 1. The topological polar surface area (TPSA) is 87.1 Å². The van der Waals surface area contributed by atoms with Gasteiger partial charge in [-0.05, 0) is 68.1 Å². The molecule has 2 aromatic rings. The van der Waals surface area contributed by atoms with Crippen LogP contribution in [0.4, 0.5) is 0 Å². The molecule has 0 bridgehead atoms. The third-order valence-corrected chi connectivity index (χ3v) is 6.16. The number of rotatable bonds is 5. The number of Topliss-reactive ketones (excluding diaryl/α,β-unsaturated/α-hetero) is 1. The monoisotopic (exact) mass is 421 g/mol. The van der Waals surface area contributed by atoms with E-state index in [1.807, 2.05) is 13.8 Å². The number of ether oxygens (including phenoxy) is 1. The van der Waals surface area contributed by atoms with Crippen LogP contribution in [0.5, 0.6) is 11.5 Å². The van der Waals surface area contributed by atoms with Crippen molar-refractivity contribution < 1.29 is 24.5 Å². The number of carbonyl (C=O) groups is 2. The first-order valence-corrected chi connectivity index (χ1v) is 10.7. The standard InChI is InChI=1S/C25H27NO5/c1-3-31-20-13-10-17(14-15(20)2)23(28)21-22(16-8-11-19(27)12-9-16)26(25(30)24(21)29)18-6-4-5-7-18/h8-14,18,22,27-28H,3-7H2,1-2H3/b23-21-. The highest BCUT2D eigenvalue weighted by atomic mass is 16.5. The zero-order valence-corrected chi connectivity index (χ0v) is 17.8. The predicted molar refractivity (Wildman–Crippen MR) is 117 cm³/mol. The van der Waals surface area contributed by atoms with Gasteiger partial charge in [0.2, 0.25) is 0 Å². The Labute approximate surface area is 181 Å². The predicted octanol–water partition coefficient (Wildman–Crippen LogP) is 4.46. The van der Waals surface area contributed by atoms with E-state index in [-0.39, 0.29) is 23.1 Å². The lowest BCUT2D eigenvalue weighted by Gasteiger charge is -2.30. The van der Waals surface area contributed by atoms with Gasteiger partial charge in [-0.3, -0.25) is 9.59 Å². The number of hydrogen-bond donors (Lipinski definition) is 2. The molecular formula is C25H27NO5. The van der Waals surface area contributed by atoms with Gasteiger partial charge in [0.1, 0.15) is 17.3 Å². The van der Waals surface area contributed by atoms with Crippen LogP contribution in [0.25, 0.3) is 5.76 Å². The largest absolute Gasteiger partial charge is 0.508 e. The number of aryl methyl sites for hydroxylation is 1. The Morgan fingerprint density at radius 2 is 1.77 bits per heavy atom. The molecule has 0 aromatic heterocycles. The molecule has 2 N–H and O–H groups in total. The molecule has 1 heterocycles. The number of ketones is 1. The van der Waals surface area contributed by atoms with Gasteiger partial charge in [-0.2, -0.15) is 0 Å². The van der Waals surface area contributed by atoms with Crippen molar-refractivity contribution in [1.82, 2.24) is 4.90 Å². The molecular weight excluding hydrogens is 394 g/mol. The summed E-state index contributed by atoms with van der Waals surface area (Å²) >= 11 is 0. The fourth-order valence-corrected chi connectivity index (χ4v) is 4.66. The van der Waals surface area contributed by atoms with Crippen LogP contribution in [0, 0.1) is 6.92 Å². The number of nitrogens with zero attached hydrogens (tertiary/aromatic N) is 1. The van der Waals surface area contributed by atoms with Gasteiger partial charge in [-0.25, -0.2) is 0 Å². The SMILES string of the molecule is CCOc1ccc(/C(O)=C2/C(=O)C(=O)N(C3CCCC3)C2c2ccc(O)cc2)cc1C. The van der Waals surface area contributed by atoms with Crippen LogP contribution in [-0.4, -0.2) is 39.5 Å². The molecule has 1 saturated carbocycles. The van der Waals surface area contributed by atoms with Gasteiger partial charge in [-0.15, -0.1) is 0 Å². The van der Waals surface area contributed by atoms with Gasteiger partial charge < -0.3 is 19.8 Å². The number of phenols is 1. The molecule has 0 radical (unpaired) electrons. The third-order valence-electron chi connectivity index (χ3n) is 6.16. The minimum atomic E-state index is -0.685. The zero-order chi connectivity index (χ0) is 22.1. The molecule has 1 atom stereocenters. The van der Waals surface area contributed by atoms with E-state index in [1.54, 1.807) is 35.2 Å². The second kappa shape index (κ2) is 8.46. The molecule has 1 saturated heterocycles. The average molecular weight is 421 g/mol. The number of hydrogen-bond acceptors (Lipinski definition) is 5. The quantitative estimate of drug-likeness (QED) is 0.423. The van der Waals surface area contributed by atoms with Crippen LogP contribution in [0.3, 0.4) is 0 Å². The van der Waals surface area contributed by atoms with E-state index in [4.69, 9.17) is 4.74 Å². The van der Waals surface area contributed by atoms with E-state index < -0.39 is 17.7 Å². The molecule has 1 unspecified atom stereocenters. The van der Waals surface area contributed by atoms with Gasteiger partial charge in [0.25, 0.3) is 11.7 Å². The number of benzene rings is 2. The summed E-state index contributed by atoms with van der Waals surface area (Å²) in [6.07, 6.45) is 3.69. The second-order valence-corrected chi connectivity index (χ2v) is 8.15. The van der Waals surface area contributed by atoms with Crippen molar-refractivity contribution >= 4 is 17.4 Å². The molecule has 1 amide bonds. The van der Waals surface area contributed by atoms with Gasteiger partial charge >= 0.3 is 0 Å². The summed E-state index contributed by atoms with van der Waals surface area (Å²) in [7, 11) is 0. The normalized spacial score (nSPS) is 21.1. The highest BCUT2D eigenvalue weighted by molar-refractivity contribution is 6.46. The van der Waals surface area contributed by atoms with Gasteiger partial charge in [0.15, 0.2) is 0 Å². The van der Waals surface area contributed by atoms with E-state index in [0.29, 0.717) is 23.5 Å². The lowest BCUT2D eigenvalue weighted by atomic mass is 9.94. The molecule has 2 aliphatic rings. The van der Waals surface area contributed by atoms with Crippen molar-refractivity contribution in [3.8, 4) is 11.5 Å². The fourth-order valence-electron chi connectivity index (χ4n) is 4.66. The third kappa shape index (κ3) is 3.78. The smallest absolute Gasteiger partial charge is 0.295 e. The van der Waals surface area contributed by atoms with E-state index in [1.165, 1.54) is 12.1 Å². The van der Waals surface area contributed by atoms with Crippen LogP contribution >= 0.6 is 0 Å². The molecule has 0 spiro atoms. The van der Waals surface area contributed by atoms with E-state index in [0.717, 1.165) is 31.2 Å². The number of aliphatic hydroxyl groups excluding tert-OH is 1. The maximum Gasteiger partial charge on any atom is 0.295 e. The Morgan fingerprint density at radius 3 is 2.39 bits per heavy atom. The summed E-state index contributed by atoms with van der Waals surface area (Å²) in [5, 5.41) is 20.9. The number of phenolic OH excluding ortho intramolecular Hbond substituents is 1. The van der Waals surface area contributed by atoms with Crippen LogP contribution in [-0.2, 0) is 9.59 Å². The van der Waals surface area contributed by atoms with Gasteiger partial charge in [0.05, 0.1) is 18.2 Å². The lowest BCUT2D eigenvalue weighted by Crippen LogP contribution is -2.37. The molecule has 6 nitrogen and oxygen atoms in total. The zero-order valence-electron chi connectivity index (χ0n) is 17.8. The van der Waals surface area contributed by atoms with Gasteiger partial charge in [-0.1, -0.05) is 25.0 Å². The molecule has 6 heteroatoms. The Hall–Kier alpha value is -3.28. The lowest BCUT2D eigenvalue weighted by molar-refractivity contribution is -0.141. The second-order valence-electron chi connectivity index (χ2n) is 8.15. The average Bonchev–Trinajstić information content (AvgIpc) is 3.37. The fraction of sp³-hybridized carbons (Fsp3) is 0.360. The molecule has 1 aliphatic carbocycles. The Morgan fingerprint density at radius 1 is 1.10 bits per heavy atom. The number of carbonyl (C=O) groups excluding carboxylic acids is 2. The van der Waals surface area contributed by atoms with Crippen LogP contribution < -0.4 is 4.74 Å². The maximum atomic E-state index is 13.1. The first-order valence-electron chi connectivity index (χ1n) is 10.7. The molecule has 31 heavy (non-hydrogen) atoms. The number of amides is 1. The van der Waals surface area contributed by atoms with Gasteiger partial charge in [0, 0.05) is 11.6 Å². The summed E-state index contributed by atoms with van der Waals surface area (Å²) in [6.45, 7) is 4.30. The minimum absolute atomic E-state index is 0.0392. The Balaban J connectivity index is 1.84. The Kier molecular flexibility index (Phi) is 5.72. The van der Waals surface area contributed by atoms with Crippen molar-refractivity contribution in [2.75, 3.05) is 6.61 Å². The highest BCUT2D eigenvalue weighted by Crippen LogP contribution is 2.43. The maximum absolute atomic E-state index is 13.1. The molecule has 4 rings (SSSR count).